The number of rotatable bonds is 3. The summed E-state index contributed by atoms with van der Waals surface area (Å²) in [4.78, 5) is 26.2. The van der Waals surface area contributed by atoms with Gasteiger partial charge in [-0.3, -0.25) is 9.59 Å². The van der Waals surface area contributed by atoms with E-state index in [1.807, 2.05) is 24.4 Å². The van der Waals surface area contributed by atoms with E-state index < -0.39 is 0 Å². The van der Waals surface area contributed by atoms with Gasteiger partial charge >= 0.3 is 5.97 Å². The Kier molecular flexibility index (Phi) is 3.47. The molecule has 92 valence electrons. The zero-order valence-electron chi connectivity index (χ0n) is 9.88. The van der Waals surface area contributed by atoms with Crippen molar-refractivity contribution in [2.24, 2.45) is 5.92 Å². The summed E-state index contributed by atoms with van der Waals surface area (Å²) in [6, 6.07) is 4.01. The molecule has 0 saturated carbocycles. The molecule has 0 bridgehead atoms. The number of hydrogen-bond acceptors (Lipinski definition) is 4. The summed E-state index contributed by atoms with van der Waals surface area (Å²) >= 11 is 1.63. The molecular weight excluding hydrogens is 238 g/mol. The number of nitrogens with zero attached hydrogens (tertiary/aromatic N) is 1. The summed E-state index contributed by atoms with van der Waals surface area (Å²) in [7, 11) is 1.36. The van der Waals surface area contributed by atoms with Gasteiger partial charge in [0.25, 0.3) is 0 Å². The average Bonchev–Trinajstić information content (AvgIpc) is 2.96. The van der Waals surface area contributed by atoms with Crippen LogP contribution in [0.1, 0.15) is 24.3 Å². The van der Waals surface area contributed by atoms with E-state index in [1.54, 1.807) is 16.2 Å². The predicted octanol–water partition coefficient (Wildman–Crippen LogP) is 1.83. The monoisotopic (exact) mass is 253 g/mol. The van der Waals surface area contributed by atoms with Crippen molar-refractivity contribution in [3.05, 3.63) is 22.4 Å². The van der Waals surface area contributed by atoms with Gasteiger partial charge in [-0.25, -0.2) is 0 Å². The van der Waals surface area contributed by atoms with Gasteiger partial charge in [0.1, 0.15) is 0 Å². The number of amides is 1. The van der Waals surface area contributed by atoms with Crippen LogP contribution in [-0.2, 0) is 14.3 Å². The molecule has 1 aliphatic rings. The van der Waals surface area contributed by atoms with Crippen LogP contribution in [0.2, 0.25) is 0 Å². The van der Waals surface area contributed by atoms with Crippen LogP contribution in [0.3, 0.4) is 0 Å². The van der Waals surface area contributed by atoms with E-state index in [2.05, 4.69) is 4.74 Å². The lowest BCUT2D eigenvalue weighted by Gasteiger charge is -2.23. The highest BCUT2D eigenvalue weighted by atomic mass is 32.1. The Labute approximate surface area is 104 Å². The smallest absolute Gasteiger partial charge is 0.310 e. The van der Waals surface area contributed by atoms with Crippen molar-refractivity contribution in [3.63, 3.8) is 0 Å². The van der Waals surface area contributed by atoms with Gasteiger partial charge in [0.2, 0.25) is 5.91 Å². The molecule has 1 saturated heterocycles. The van der Waals surface area contributed by atoms with E-state index in [4.69, 9.17) is 0 Å². The molecule has 1 aliphatic heterocycles. The third-order valence-corrected chi connectivity index (χ3v) is 4.16. The van der Waals surface area contributed by atoms with Crippen molar-refractivity contribution in [1.82, 2.24) is 4.90 Å². The predicted molar refractivity (Wildman–Crippen MR) is 64.6 cm³/mol. The van der Waals surface area contributed by atoms with Gasteiger partial charge < -0.3 is 9.64 Å². The molecule has 5 heteroatoms. The summed E-state index contributed by atoms with van der Waals surface area (Å²) in [6.45, 7) is 2.45. The second-order valence-electron chi connectivity index (χ2n) is 4.16. The molecule has 2 heterocycles. The summed E-state index contributed by atoms with van der Waals surface area (Å²) in [5, 5.41) is 1.99. The van der Waals surface area contributed by atoms with Crippen molar-refractivity contribution in [2.45, 2.75) is 19.4 Å². The van der Waals surface area contributed by atoms with Crippen molar-refractivity contribution < 1.29 is 14.3 Å². The molecule has 0 spiro atoms. The normalized spacial score (nSPS) is 21.6. The fourth-order valence-corrected chi connectivity index (χ4v) is 2.91. The Morgan fingerprint density at radius 3 is 3.00 bits per heavy atom. The van der Waals surface area contributed by atoms with Gasteiger partial charge in [0, 0.05) is 17.8 Å². The minimum Gasteiger partial charge on any atom is -0.469 e. The van der Waals surface area contributed by atoms with Crippen LogP contribution < -0.4 is 0 Å². The Balaban J connectivity index is 2.08. The highest BCUT2D eigenvalue weighted by molar-refractivity contribution is 7.10. The zero-order chi connectivity index (χ0) is 12.4. The Bertz CT molecular complexity index is 415. The fraction of sp³-hybridized carbons (Fsp3) is 0.500. The molecule has 4 nitrogen and oxygen atoms in total. The minimum atomic E-state index is -0.310. The number of carbonyl (C=O) groups is 2. The molecule has 0 aromatic carbocycles. The van der Waals surface area contributed by atoms with Crippen LogP contribution >= 0.6 is 11.3 Å². The SMILES string of the molecule is COC(=O)C1CC(=O)N(C(C)c2cccs2)C1. The number of carbonyl (C=O) groups excluding carboxylic acids is 2. The van der Waals surface area contributed by atoms with Crippen LogP contribution in [0.5, 0.6) is 0 Å². The first-order valence-corrected chi connectivity index (χ1v) is 6.42. The summed E-state index contributed by atoms with van der Waals surface area (Å²) in [5.74, 6) is -0.574. The van der Waals surface area contributed by atoms with E-state index in [1.165, 1.54) is 7.11 Å². The topological polar surface area (TPSA) is 46.6 Å². The van der Waals surface area contributed by atoms with Gasteiger partial charge in [-0.15, -0.1) is 11.3 Å². The van der Waals surface area contributed by atoms with Gasteiger partial charge in [-0.05, 0) is 18.4 Å². The van der Waals surface area contributed by atoms with E-state index in [0.717, 1.165) is 4.88 Å². The van der Waals surface area contributed by atoms with Gasteiger partial charge in [-0.1, -0.05) is 6.07 Å². The third-order valence-electron chi connectivity index (χ3n) is 3.12. The van der Waals surface area contributed by atoms with E-state index in [0.29, 0.717) is 6.54 Å². The Hall–Kier alpha value is -1.36. The molecule has 2 unspecified atom stereocenters. The first kappa shape index (κ1) is 12.1. The lowest BCUT2D eigenvalue weighted by molar-refractivity contribution is -0.145. The fourth-order valence-electron chi connectivity index (χ4n) is 2.11. The molecule has 1 amide bonds. The lowest BCUT2D eigenvalue weighted by atomic mass is 10.1. The van der Waals surface area contributed by atoms with Crippen LogP contribution in [-0.4, -0.2) is 30.4 Å². The van der Waals surface area contributed by atoms with Gasteiger partial charge in [-0.2, -0.15) is 0 Å². The standard InChI is InChI=1S/C12H15NO3S/c1-8(10-4-3-5-17-10)13-7-9(6-11(13)14)12(15)16-2/h3-5,8-9H,6-7H2,1-2H3. The second-order valence-corrected chi connectivity index (χ2v) is 5.14. The summed E-state index contributed by atoms with van der Waals surface area (Å²) in [6.07, 6.45) is 0.266. The van der Waals surface area contributed by atoms with E-state index >= 15 is 0 Å². The lowest BCUT2D eigenvalue weighted by Crippen LogP contribution is -2.29. The molecule has 1 aromatic rings. The molecular formula is C12H15NO3S. The second kappa shape index (κ2) is 4.87. The third kappa shape index (κ3) is 2.34. The summed E-state index contributed by atoms with van der Waals surface area (Å²) < 4.78 is 4.69. The first-order valence-electron chi connectivity index (χ1n) is 5.54. The molecule has 1 fully saturated rings. The van der Waals surface area contributed by atoms with Crippen molar-refractivity contribution in [2.75, 3.05) is 13.7 Å². The number of esters is 1. The molecule has 0 radical (unpaired) electrons. The van der Waals surface area contributed by atoms with Crippen molar-refractivity contribution in [1.29, 1.82) is 0 Å². The Morgan fingerprint density at radius 1 is 1.65 bits per heavy atom. The highest BCUT2D eigenvalue weighted by Gasteiger charge is 2.37. The van der Waals surface area contributed by atoms with E-state index in [-0.39, 0.29) is 30.3 Å². The van der Waals surface area contributed by atoms with Crippen LogP contribution in [0.4, 0.5) is 0 Å². The zero-order valence-corrected chi connectivity index (χ0v) is 10.7. The largest absolute Gasteiger partial charge is 0.469 e. The number of ether oxygens (including phenoxy) is 1. The van der Waals surface area contributed by atoms with Gasteiger partial charge in [0.15, 0.2) is 0 Å². The molecule has 2 rings (SSSR count). The Morgan fingerprint density at radius 2 is 2.41 bits per heavy atom. The number of likely N-dealkylation sites (tertiary alicyclic amines) is 1. The van der Waals surface area contributed by atoms with Crippen molar-refractivity contribution >= 4 is 23.2 Å². The maximum atomic E-state index is 11.9. The van der Waals surface area contributed by atoms with Crippen molar-refractivity contribution in [3.8, 4) is 0 Å². The first-order chi connectivity index (χ1) is 8.13. The number of thiophene rings is 1. The maximum Gasteiger partial charge on any atom is 0.310 e. The van der Waals surface area contributed by atoms with Crippen LogP contribution in [0, 0.1) is 5.92 Å². The molecule has 2 atom stereocenters. The number of hydrogen-bond donors (Lipinski definition) is 0. The summed E-state index contributed by atoms with van der Waals surface area (Å²) in [5.41, 5.74) is 0. The van der Waals surface area contributed by atoms with E-state index in [9.17, 15) is 9.59 Å². The van der Waals surface area contributed by atoms with Crippen LogP contribution in [0.15, 0.2) is 17.5 Å². The molecule has 0 N–H and O–H groups in total. The van der Waals surface area contributed by atoms with Crippen LogP contribution in [0.25, 0.3) is 0 Å². The molecule has 0 aliphatic carbocycles. The molecule has 1 aromatic heterocycles. The highest BCUT2D eigenvalue weighted by Crippen LogP contribution is 2.30. The van der Waals surface area contributed by atoms with Gasteiger partial charge in [0.05, 0.1) is 19.1 Å². The maximum absolute atomic E-state index is 11.9. The minimum absolute atomic E-state index is 0.0290. The number of methoxy groups -OCH3 is 1. The molecule has 17 heavy (non-hydrogen) atoms. The quantitative estimate of drug-likeness (QED) is 0.772. The average molecular weight is 253 g/mol.